The van der Waals surface area contributed by atoms with Crippen molar-refractivity contribution in [2.45, 2.75) is 32.1 Å². The second-order valence-electron chi connectivity index (χ2n) is 5.01. The fraction of sp³-hybridized carbons (Fsp3) is 0.571. The van der Waals surface area contributed by atoms with E-state index in [-0.39, 0.29) is 24.1 Å². The quantitative estimate of drug-likeness (QED) is 0.893. The van der Waals surface area contributed by atoms with E-state index in [4.69, 9.17) is 10.5 Å². The lowest BCUT2D eigenvalue weighted by Crippen LogP contribution is -2.48. The predicted molar refractivity (Wildman–Crippen MR) is 69.8 cm³/mol. The van der Waals surface area contributed by atoms with Crippen LogP contribution in [0.15, 0.2) is 24.3 Å². The number of nitrogens with two attached hydrogens (primary N) is 1. The van der Waals surface area contributed by atoms with Gasteiger partial charge in [0.2, 0.25) is 0 Å². The highest BCUT2D eigenvalue weighted by Gasteiger charge is 2.28. The summed E-state index contributed by atoms with van der Waals surface area (Å²) < 4.78 is 18.7. The fourth-order valence-corrected chi connectivity index (χ4v) is 2.65. The average molecular weight is 252 g/mol. The molecule has 18 heavy (non-hydrogen) atoms. The van der Waals surface area contributed by atoms with Crippen LogP contribution in [0.25, 0.3) is 0 Å². The molecule has 2 N–H and O–H groups in total. The molecule has 100 valence electrons. The molecule has 0 aromatic heterocycles. The van der Waals surface area contributed by atoms with Gasteiger partial charge in [0.15, 0.2) is 0 Å². The molecule has 0 aliphatic carbocycles. The van der Waals surface area contributed by atoms with Gasteiger partial charge in [-0.3, -0.25) is 4.90 Å². The van der Waals surface area contributed by atoms with Crippen molar-refractivity contribution in [2.24, 2.45) is 5.73 Å². The Labute approximate surface area is 108 Å². The van der Waals surface area contributed by atoms with Gasteiger partial charge in [0.1, 0.15) is 5.82 Å². The van der Waals surface area contributed by atoms with E-state index in [1.807, 2.05) is 12.1 Å². The molecule has 1 aliphatic heterocycles. The molecular weight excluding hydrogens is 231 g/mol. The van der Waals surface area contributed by atoms with Crippen LogP contribution in [0, 0.1) is 5.82 Å². The third-order valence-corrected chi connectivity index (χ3v) is 3.37. The molecule has 2 rings (SSSR count). The summed E-state index contributed by atoms with van der Waals surface area (Å²) in [6.45, 7) is 6.40. The molecule has 4 heteroatoms. The largest absolute Gasteiger partial charge is 0.373 e. The smallest absolute Gasteiger partial charge is 0.123 e. The number of hydrogen-bond donors (Lipinski definition) is 1. The molecule has 3 nitrogen and oxygen atoms in total. The summed E-state index contributed by atoms with van der Waals surface area (Å²) in [6, 6.07) is 6.76. The Balaban J connectivity index is 2.14. The maximum absolute atomic E-state index is 13.0. The summed E-state index contributed by atoms with van der Waals surface area (Å²) in [5.41, 5.74) is 6.96. The monoisotopic (exact) mass is 252 g/mol. The standard InChI is InChI=1S/C14H21FN2O/c1-10-8-17(9-11(2)18-10)14(7-16)12-3-5-13(15)6-4-12/h3-6,10-11,14H,7-9,16H2,1-2H3/t10-,11+,14?. The van der Waals surface area contributed by atoms with Crippen LogP contribution in [0.1, 0.15) is 25.5 Å². The zero-order valence-electron chi connectivity index (χ0n) is 11.0. The predicted octanol–water partition coefficient (Wildman–Crippen LogP) is 1.93. The number of morpholine rings is 1. The topological polar surface area (TPSA) is 38.5 Å². The van der Waals surface area contributed by atoms with Gasteiger partial charge in [-0.2, -0.15) is 0 Å². The van der Waals surface area contributed by atoms with Crippen LogP contribution in [-0.2, 0) is 4.74 Å². The molecule has 0 saturated carbocycles. The van der Waals surface area contributed by atoms with E-state index in [0.29, 0.717) is 6.54 Å². The molecule has 0 radical (unpaired) electrons. The van der Waals surface area contributed by atoms with E-state index < -0.39 is 0 Å². The summed E-state index contributed by atoms with van der Waals surface area (Å²) in [4.78, 5) is 2.33. The minimum absolute atomic E-state index is 0.138. The Morgan fingerprint density at radius 2 is 1.83 bits per heavy atom. The Hall–Kier alpha value is -0.970. The van der Waals surface area contributed by atoms with Crippen molar-refractivity contribution in [1.82, 2.24) is 4.90 Å². The molecule has 1 unspecified atom stereocenters. The van der Waals surface area contributed by atoms with Gasteiger partial charge in [0.05, 0.1) is 12.2 Å². The molecule has 0 spiro atoms. The minimum Gasteiger partial charge on any atom is -0.373 e. The first-order chi connectivity index (χ1) is 8.60. The Morgan fingerprint density at radius 1 is 1.28 bits per heavy atom. The van der Waals surface area contributed by atoms with E-state index in [1.165, 1.54) is 12.1 Å². The summed E-state index contributed by atoms with van der Waals surface area (Å²) in [6.07, 6.45) is 0.423. The zero-order chi connectivity index (χ0) is 13.1. The van der Waals surface area contributed by atoms with Crippen molar-refractivity contribution in [2.75, 3.05) is 19.6 Å². The molecule has 3 atom stereocenters. The van der Waals surface area contributed by atoms with E-state index >= 15 is 0 Å². The van der Waals surface area contributed by atoms with Crippen LogP contribution < -0.4 is 5.73 Å². The first kappa shape index (κ1) is 13.5. The van der Waals surface area contributed by atoms with Crippen molar-refractivity contribution >= 4 is 0 Å². The highest BCUT2D eigenvalue weighted by atomic mass is 19.1. The first-order valence-electron chi connectivity index (χ1n) is 6.45. The van der Waals surface area contributed by atoms with Crippen LogP contribution in [0.4, 0.5) is 4.39 Å². The van der Waals surface area contributed by atoms with E-state index in [1.54, 1.807) is 0 Å². The Morgan fingerprint density at radius 3 is 2.33 bits per heavy atom. The first-order valence-corrected chi connectivity index (χ1v) is 6.45. The van der Waals surface area contributed by atoms with Crippen molar-refractivity contribution < 1.29 is 9.13 Å². The van der Waals surface area contributed by atoms with Gasteiger partial charge in [0, 0.05) is 25.7 Å². The van der Waals surface area contributed by atoms with Crippen LogP contribution in [0.3, 0.4) is 0 Å². The van der Waals surface area contributed by atoms with Crippen LogP contribution >= 0.6 is 0 Å². The van der Waals surface area contributed by atoms with E-state index in [2.05, 4.69) is 18.7 Å². The van der Waals surface area contributed by atoms with E-state index in [0.717, 1.165) is 18.7 Å². The molecule has 1 aliphatic rings. The lowest BCUT2D eigenvalue weighted by Gasteiger charge is -2.40. The summed E-state index contributed by atoms with van der Waals surface area (Å²) in [5.74, 6) is -0.210. The van der Waals surface area contributed by atoms with Crippen molar-refractivity contribution in [3.63, 3.8) is 0 Å². The highest BCUT2D eigenvalue weighted by Crippen LogP contribution is 2.24. The van der Waals surface area contributed by atoms with Crippen molar-refractivity contribution in [3.8, 4) is 0 Å². The van der Waals surface area contributed by atoms with Gasteiger partial charge in [0.25, 0.3) is 0 Å². The third-order valence-electron chi connectivity index (χ3n) is 3.37. The average Bonchev–Trinajstić information content (AvgIpc) is 2.31. The van der Waals surface area contributed by atoms with Gasteiger partial charge < -0.3 is 10.5 Å². The molecule has 1 saturated heterocycles. The maximum Gasteiger partial charge on any atom is 0.123 e. The number of halogens is 1. The zero-order valence-corrected chi connectivity index (χ0v) is 11.0. The molecule has 0 bridgehead atoms. The molecule has 1 fully saturated rings. The van der Waals surface area contributed by atoms with Crippen LogP contribution in [-0.4, -0.2) is 36.7 Å². The maximum atomic E-state index is 13.0. The normalized spacial score (nSPS) is 27.1. The molecule has 1 aromatic rings. The minimum atomic E-state index is -0.210. The molecule has 0 amide bonds. The van der Waals surface area contributed by atoms with Crippen molar-refractivity contribution in [3.05, 3.63) is 35.6 Å². The van der Waals surface area contributed by atoms with Crippen molar-refractivity contribution in [1.29, 1.82) is 0 Å². The summed E-state index contributed by atoms with van der Waals surface area (Å²) in [7, 11) is 0. The molecule has 1 heterocycles. The number of benzene rings is 1. The Bertz CT molecular complexity index is 372. The second kappa shape index (κ2) is 5.78. The lowest BCUT2D eigenvalue weighted by molar-refractivity contribution is -0.0799. The number of hydrogen-bond acceptors (Lipinski definition) is 3. The second-order valence-corrected chi connectivity index (χ2v) is 5.01. The van der Waals surface area contributed by atoms with E-state index in [9.17, 15) is 4.39 Å². The SMILES string of the molecule is C[C@@H]1CN(C(CN)c2ccc(F)cc2)C[C@H](C)O1. The van der Waals surface area contributed by atoms with Gasteiger partial charge in [-0.05, 0) is 31.5 Å². The van der Waals surface area contributed by atoms with Crippen LogP contribution in [0.5, 0.6) is 0 Å². The van der Waals surface area contributed by atoms with Crippen LogP contribution in [0.2, 0.25) is 0 Å². The van der Waals surface area contributed by atoms with Gasteiger partial charge in [-0.25, -0.2) is 4.39 Å². The third kappa shape index (κ3) is 3.07. The summed E-state index contributed by atoms with van der Waals surface area (Å²) >= 11 is 0. The molecule has 1 aromatic carbocycles. The van der Waals surface area contributed by atoms with Gasteiger partial charge in [-0.15, -0.1) is 0 Å². The number of nitrogens with zero attached hydrogens (tertiary/aromatic N) is 1. The molecular formula is C14H21FN2O. The number of ether oxygens (including phenoxy) is 1. The fourth-order valence-electron chi connectivity index (χ4n) is 2.65. The van der Waals surface area contributed by atoms with Gasteiger partial charge >= 0.3 is 0 Å². The summed E-state index contributed by atoms with van der Waals surface area (Å²) in [5, 5.41) is 0. The van der Waals surface area contributed by atoms with Gasteiger partial charge in [-0.1, -0.05) is 12.1 Å². The lowest BCUT2D eigenvalue weighted by atomic mass is 10.0. The number of rotatable bonds is 3. The highest BCUT2D eigenvalue weighted by molar-refractivity contribution is 5.20. The Kier molecular flexibility index (Phi) is 4.32.